The molecule has 3 saturated carbocycles. The summed E-state index contributed by atoms with van der Waals surface area (Å²) in [7, 11) is 0. The number of Topliss-reactive ketones (excluding diaryl/α,β-unsaturated/α-hetero) is 1. The summed E-state index contributed by atoms with van der Waals surface area (Å²) in [5.74, 6) is -3.97. The van der Waals surface area contributed by atoms with E-state index in [0.717, 1.165) is 12.8 Å². The Kier molecular flexibility index (Phi) is 7.09. The summed E-state index contributed by atoms with van der Waals surface area (Å²) < 4.78 is 35.0. The van der Waals surface area contributed by atoms with Gasteiger partial charge < -0.3 is 9.84 Å². The van der Waals surface area contributed by atoms with Gasteiger partial charge in [-0.25, -0.2) is 8.78 Å². The Morgan fingerprint density at radius 2 is 1.94 bits per heavy atom. The van der Waals surface area contributed by atoms with Gasteiger partial charge in [-0.1, -0.05) is 46.6 Å². The van der Waals surface area contributed by atoms with Gasteiger partial charge in [0.1, 0.15) is 0 Å². The van der Waals surface area contributed by atoms with Gasteiger partial charge in [-0.05, 0) is 55.6 Å². The molecule has 0 aliphatic heterocycles. The van der Waals surface area contributed by atoms with Crippen molar-refractivity contribution in [3.05, 3.63) is 23.6 Å². The molecule has 0 bridgehead atoms. The van der Waals surface area contributed by atoms with Crippen LogP contribution >= 0.6 is 11.6 Å². The second kappa shape index (κ2) is 9.30. The van der Waals surface area contributed by atoms with Crippen LogP contribution in [0.25, 0.3) is 0 Å². The van der Waals surface area contributed by atoms with Crippen molar-refractivity contribution in [2.45, 2.75) is 95.6 Å². The Hall–Kier alpha value is -1.60. The molecule has 0 aromatic rings. The van der Waals surface area contributed by atoms with Gasteiger partial charge in [0.05, 0.1) is 11.0 Å². The number of hydrogen-bond donors (Lipinski definition) is 1. The number of carbonyl (C=O) groups excluding carboxylic acids is 3. The molecular formula is C28H37ClF2O5. The zero-order valence-corrected chi connectivity index (χ0v) is 22.3. The van der Waals surface area contributed by atoms with Crippen molar-refractivity contribution in [2.24, 2.45) is 28.6 Å². The molecule has 4 aliphatic rings. The Morgan fingerprint density at radius 1 is 1.25 bits per heavy atom. The molecular weight excluding hydrogens is 490 g/mol. The van der Waals surface area contributed by atoms with Gasteiger partial charge in [-0.15, -0.1) is 11.6 Å². The van der Waals surface area contributed by atoms with E-state index in [0.29, 0.717) is 24.8 Å². The molecule has 5 nitrogen and oxygen atoms in total. The standard InChI is InChI=1S/C28H37ClF2O5/c1-5-6-7-8-23(35)36-28(22(34)15-30)16(2)13-19-17-9-10-18-24(31)20(32)11-12-25(18,3)27(17,29)21(33)14-26(19,28)4/h11-12,16-17,19,21,33H,5-10,13-15H2,1-4H3/t16?,17-,19-,21-,25-,26-,27-,28+/m0/s1. The highest BCUT2D eigenvalue weighted by molar-refractivity contribution is 6.26. The van der Waals surface area contributed by atoms with E-state index in [1.807, 2.05) is 13.8 Å². The van der Waals surface area contributed by atoms with E-state index >= 15 is 0 Å². The fraction of sp³-hybridized carbons (Fsp3) is 0.750. The molecule has 0 heterocycles. The van der Waals surface area contributed by atoms with Crippen LogP contribution in [0.3, 0.4) is 0 Å². The first-order valence-corrected chi connectivity index (χ1v) is 13.5. The average Bonchev–Trinajstić information content (AvgIpc) is 3.04. The van der Waals surface area contributed by atoms with E-state index in [-0.39, 0.29) is 31.1 Å². The molecule has 0 spiro atoms. The maximum atomic E-state index is 15.0. The van der Waals surface area contributed by atoms with Crippen LogP contribution in [0.2, 0.25) is 0 Å². The van der Waals surface area contributed by atoms with Gasteiger partial charge >= 0.3 is 5.97 Å². The normalized spacial score (nSPS) is 43.6. The van der Waals surface area contributed by atoms with E-state index in [1.165, 1.54) is 6.08 Å². The van der Waals surface area contributed by atoms with Crippen molar-refractivity contribution in [3.8, 4) is 0 Å². The third-order valence-electron chi connectivity index (χ3n) is 10.1. The molecule has 200 valence electrons. The quantitative estimate of drug-likeness (QED) is 0.266. The summed E-state index contributed by atoms with van der Waals surface area (Å²) in [6.45, 7) is 6.10. The zero-order valence-electron chi connectivity index (χ0n) is 21.5. The highest BCUT2D eigenvalue weighted by atomic mass is 35.5. The third kappa shape index (κ3) is 3.44. The largest absolute Gasteiger partial charge is 0.450 e. The second-order valence-corrected chi connectivity index (χ2v) is 12.3. The molecule has 4 rings (SSSR count). The Labute approximate surface area is 216 Å². The number of aliphatic hydroxyl groups excluding tert-OH is 1. The second-order valence-electron chi connectivity index (χ2n) is 11.7. The molecule has 8 atom stereocenters. The molecule has 0 aromatic carbocycles. The number of hydrogen-bond acceptors (Lipinski definition) is 5. The molecule has 4 aliphatic carbocycles. The predicted molar refractivity (Wildman–Crippen MR) is 132 cm³/mol. The van der Waals surface area contributed by atoms with Crippen LogP contribution < -0.4 is 0 Å². The monoisotopic (exact) mass is 526 g/mol. The number of aliphatic hydroxyl groups is 1. The lowest BCUT2D eigenvalue weighted by Crippen LogP contribution is -2.69. The number of unbranched alkanes of at least 4 members (excludes halogenated alkanes) is 2. The van der Waals surface area contributed by atoms with Gasteiger partial charge in [0, 0.05) is 23.2 Å². The maximum absolute atomic E-state index is 15.0. The molecule has 8 heteroatoms. The third-order valence-corrected chi connectivity index (χ3v) is 11.0. The lowest BCUT2D eigenvalue weighted by atomic mass is 9.45. The maximum Gasteiger partial charge on any atom is 0.306 e. The number of halogens is 3. The summed E-state index contributed by atoms with van der Waals surface area (Å²) >= 11 is 7.35. The summed E-state index contributed by atoms with van der Waals surface area (Å²) in [5, 5.41) is 11.7. The van der Waals surface area contributed by atoms with Crippen molar-refractivity contribution in [2.75, 3.05) is 6.67 Å². The van der Waals surface area contributed by atoms with E-state index in [4.69, 9.17) is 16.3 Å². The highest BCUT2D eigenvalue weighted by Crippen LogP contribution is 2.72. The fourth-order valence-electron chi connectivity index (χ4n) is 8.33. The lowest BCUT2D eigenvalue weighted by molar-refractivity contribution is -0.202. The Bertz CT molecular complexity index is 1030. The van der Waals surface area contributed by atoms with Crippen LogP contribution in [-0.4, -0.2) is 45.9 Å². The average molecular weight is 527 g/mol. The van der Waals surface area contributed by atoms with Crippen molar-refractivity contribution in [1.82, 2.24) is 0 Å². The van der Waals surface area contributed by atoms with Crippen LogP contribution in [0.4, 0.5) is 8.78 Å². The minimum absolute atomic E-state index is 0.0116. The molecule has 36 heavy (non-hydrogen) atoms. The first-order chi connectivity index (χ1) is 16.8. The number of rotatable bonds is 7. The summed E-state index contributed by atoms with van der Waals surface area (Å²) in [5.41, 5.74) is -3.58. The first kappa shape index (κ1) is 27.4. The van der Waals surface area contributed by atoms with Gasteiger partial charge in [0.2, 0.25) is 11.6 Å². The molecule has 1 unspecified atom stereocenters. The number of fused-ring (bicyclic) bond motifs is 5. The van der Waals surface area contributed by atoms with Crippen LogP contribution in [0.15, 0.2) is 23.6 Å². The van der Waals surface area contributed by atoms with Crippen molar-refractivity contribution in [3.63, 3.8) is 0 Å². The van der Waals surface area contributed by atoms with Crippen molar-refractivity contribution >= 4 is 29.1 Å². The fourth-order valence-corrected chi connectivity index (χ4v) is 8.84. The number of carbonyl (C=O) groups is 3. The van der Waals surface area contributed by atoms with Crippen LogP contribution in [0, 0.1) is 28.6 Å². The molecule has 1 N–H and O–H groups in total. The van der Waals surface area contributed by atoms with Gasteiger partial charge in [-0.3, -0.25) is 14.4 Å². The summed E-state index contributed by atoms with van der Waals surface area (Å²) in [6, 6.07) is 0. The lowest BCUT2D eigenvalue weighted by Gasteiger charge is -2.64. The summed E-state index contributed by atoms with van der Waals surface area (Å²) in [4.78, 5) is 37.0. The molecule has 0 radical (unpaired) electrons. The molecule has 3 fully saturated rings. The molecule has 0 amide bonds. The SMILES string of the molecule is CCCCCC(=O)O[C@@]1(C(=O)CF)C(C)C[C@H]2[C@@H]3CCC4=C(F)C(=O)C=C[C@]4(C)[C@@]3(Cl)[C@@H](O)C[C@@]21C. The molecule has 0 aromatic heterocycles. The number of ketones is 2. The Morgan fingerprint density at radius 3 is 2.58 bits per heavy atom. The van der Waals surface area contributed by atoms with Gasteiger partial charge in [0.25, 0.3) is 0 Å². The predicted octanol–water partition coefficient (Wildman–Crippen LogP) is 5.57. The van der Waals surface area contributed by atoms with Crippen LogP contribution in [0.5, 0.6) is 0 Å². The number of esters is 1. The topological polar surface area (TPSA) is 80.7 Å². The van der Waals surface area contributed by atoms with Gasteiger partial charge in [-0.2, -0.15) is 0 Å². The molecule has 0 saturated heterocycles. The van der Waals surface area contributed by atoms with E-state index < -0.39 is 63.4 Å². The van der Waals surface area contributed by atoms with E-state index in [9.17, 15) is 28.3 Å². The number of ether oxygens (including phenoxy) is 1. The van der Waals surface area contributed by atoms with Crippen molar-refractivity contribution in [1.29, 1.82) is 0 Å². The minimum Gasteiger partial charge on any atom is -0.450 e. The van der Waals surface area contributed by atoms with E-state index in [1.54, 1.807) is 19.9 Å². The summed E-state index contributed by atoms with van der Waals surface area (Å²) in [6.07, 6.45) is 5.20. The van der Waals surface area contributed by atoms with E-state index in [2.05, 4.69) is 0 Å². The van der Waals surface area contributed by atoms with Crippen LogP contribution in [0.1, 0.15) is 79.1 Å². The van der Waals surface area contributed by atoms with Gasteiger partial charge in [0.15, 0.2) is 18.1 Å². The zero-order chi connectivity index (χ0) is 26.7. The van der Waals surface area contributed by atoms with Crippen LogP contribution in [-0.2, 0) is 19.1 Å². The Balaban J connectivity index is 1.78. The number of alkyl halides is 2. The first-order valence-electron chi connectivity index (χ1n) is 13.2. The van der Waals surface area contributed by atoms with Crippen molar-refractivity contribution < 1.29 is 33.0 Å². The smallest absolute Gasteiger partial charge is 0.306 e. The highest BCUT2D eigenvalue weighted by Gasteiger charge is 2.76. The minimum atomic E-state index is -1.71. The number of allylic oxidation sites excluding steroid dienone is 4.